The number of hydrogen-bond acceptors (Lipinski definition) is 2. The third kappa shape index (κ3) is 3.93. The van der Waals surface area contributed by atoms with Gasteiger partial charge in [-0.05, 0) is 18.5 Å². The summed E-state index contributed by atoms with van der Waals surface area (Å²) in [5, 5.41) is 10.8. The largest absolute Gasteiger partial charge is 0.312 e. The van der Waals surface area contributed by atoms with Gasteiger partial charge in [0.15, 0.2) is 0 Å². The highest BCUT2D eigenvalue weighted by Gasteiger charge is 2.19. The molecule has 0 amide bonds. The van der Waals surface area contributed by atoms with Crippen LogP contribution in [0.4, 0.5) is 0 Å². The maximum atomic E-state index is 4.16. The molecule has 0 radical (unpaired) electrons. The summed E-state index contributed by atoms with van der Waals surface area (Å²) in [5.41, 5.74) is 3.98. The Hall–Kier alpha value is -1.61. The minimum atomic E-state index is 0.118. The number of nitrogens with zero attached hydrogens (tertiary/aromatic N) is 1. The number of aromatic nitrogens is 2. The fraction of sp³-hybridized carbons (Fsp3) is 0.438. The number of nitrogens with one attached hydrogen (secondary N) is 2. The Kier molecular flexibility index (Phi) is 4.38. The molecule has 3 nitrogen and oxygen atoms in total. The van der Waals surface area contributed by atoms with Crippen LogP contribution in [0, 0.1) is 0 Å². The van der Waals surface area contributed by atoms with Gasteiger partial charge in [0.05, 0.1) is 6.20 Å². The van der Waals surface area contributed by atoms with Gasteiger partial charge in [0, 0.05) is 23.2 Å². The molecule has 2 rings (SSSR count). The van der Waals surface area contributed by atoms with Crippen molar-refractivity contribution >= 4 is 0 Å². The van der Waals surface area contributed by atoms with E-state index in [2.05, 4.69) is 66.6 Å². The fourth-order valence-electron chi connectivity index (χ4n) is 2.19. The van der Waals surface area contributed by atoms with Gasteiger partial charge in [-0.15, -0.1) is 0 Å². The molecule has 0 aliphatic carbocycles. The maximum absolute atomic E-state index is 4.16. The van der Waals surface area contributed by atoms with Crippen molar-refractivity contribution in [1.29, 1.82) is 0 Å². The highest BCUT2D eigenvalue weighted by atomic mass is 15.1. The smallest absolute Gasteiger partial charge is 0.0535 e. The summed E-state index contributed by atoms with van der Waals surface area (Å²) in [6.07, 6.45) is 2.99. The zero-order chi connectivity index (χ0) is 13.7. The number of rotatable bonds is 5. The quantitative estimate of drug-likeness (QED) is 0.808. The Morgan fingerprint density at radius 3 is 2.58 bits per heavy atom. The molecule has 2 N–H and O–H groups in total. The van der Waals surface area contributed by atoms with E-state index < -0.39 is 0 Å². The number of aromatic amines is 1. The van der Waals surface area contributed by atoms with Crippen LogP contribution < -0.4 is 5.32 Å². The SMILES string of the molecule is CC(C)(C)c1[nH]ncc1CNCCc1ccccc1. The van der Waals surface area contributed by atoms with Gasteiger partial charge >= 0.3 is 0 Å². The molecule has 0 saturated heterocycles. The van der Waals surface area contributed by atoms with Gasteiger partial charge in [0.25, 0.3) is 0 Å². The zero-order valence-electron chi connectivity index (χ0n) is 12.0. The second kappa shape index (κ2) is 6.02. The lowest BCUT2D eigenvalue weighted by Gasteiger charge is -2.18. The average Bonchev–Trinajstić information content (AvgIpc) is 2.84. The molecule has 1 aromatic heterocycles. The van der Waals surface area contributed by atoms with E-state index in [0.29, 0.717) is 0 Å². The lowest BCUT2D eigenvalue weighted by atomic mass is 9.89. The third-order valence-corrected chi connectivity index (χ3v) is 3.22. The summed E-state index contributed by atoms with van der Waals surface area (Å²) in [6, 6.07) is 10.6. The first-order valence-corrected chi connectivity index (χ1v) is 6.85. The lowest BCUT2D eigenvalue weighted by Crippen LogP contribution is -2.20. The van der Waals surface area contributed by atoms with E-state index in [-0.39, 0.29) is 5.41 Å². The van der Waals surface area contributed by atoms with Gasteiger partial charge in [-0.3, -0.25) is 5.10 Å². The molecule has 0 atom stereocenters. The van der Waals surface area contributed by atoms with E-state index in [1.54, 1.807) is 0 Å². The predicted octanol–water partition coefficient (Wildman–Crippen LogP) is 3.04. The van der Waals surface area contributed by atoms with Crippen molar-refractivity contribution in [2.45, 2.75) is 39.2 Å². The van der Waals surface area contributed by atoms with Gasteiger partial charge in [-0.2, -0.15) is 5.10 Å². The van der Waals surface area contributed by atoms with Crippen molar-refractivity contribution in [1.82, 2.24) is 15.5 Å². The third-order valence-electron chi connectivity index (χ3n) is 3.22. The second-order valence-electron chi connectivity index (χ2n) is 5.93. The van der Waals surface area contributed by atoms with Gasteiger partial charge in [0.1, 0.15) is 0 Å². The fourth-order valence-corrected chi connectivity index (χ4v) is 2.19. The van der Waals surface area contributed by atoms with Gasteiger partial charge in [-0.25, -0.2) is 0 Å². The van der Waals surface area contributed by atoms with Crippen LogP contribution in [0.15, 0.2) is 36.5 Å². The summed E-state index contributed by atoms with van der Waals surface area (Å²) >= 11 is 0. The topological polar surface area (TPSA) is 40.7 Å². The van der Waals surface area contributed by atoms with E-state index in [9.17, 15) is 0 Å². The number of H-pyrrole nitrogens is 1. The second-order valence-corrected chi connectivity index (χ2v) is 5.93. The monoisotopic (exact) mass is 257 g/mol. The Morgan fingerprint density at radius 1 is 1.16 bits per heavy atom. The molecular weight excluding hydrogens is 234 g/mol. The molecule has 0 spiro atoms. The van der Waals surface area contributed by atoms with Crippen molar-refractivity contribution in [2.24, 2.45) is 0 Å². The zero-order valence-corrected chi connectivity index (χ0v) is 12.0. The summed E-state index contributed by atoms with van der Waals surface area (Å²) in [7, 11) is 0. The maximum Gasteiger partial charge on any atom is 0.0535 e. The van der Waals surface area contributed by atoms with E-state index in [1.165, 1.54) is 16.8 Å². The molecule has 2 aromatic rings. The van der Waals surface area contributed by atoms with E-state index >= 15 is 0 Å². The average molecular weight is 257 g/mol. The molecule has 0 aliphatic heterocycles. The van der Waals surface area contributed by atoms with Crippen molar-refractivity contribution in [2.75, 3.05) is 6.54 Å². The minimum absolute atomic E-state index is 0.118. The summed E-state index contributed by atoms with van der Waals surface area (Å²) in [5.74, 6) is 0. The normalized spacial score (nSPS) is 11.7. The number of hydrogen-bond donors (Lipinski definition) is 2. The lowest BCUT2D eigenvalue weighted by molar-refractivity contribution is 0.554. The van der Waals surface area contributed by atoms with Crippen molar-refractivity contribution in [3.05, 3.63) is 53.3 Å². The summed E-state index contributed by atoms with van der Waals surface area (Å²) in [4.78, 5) is 0. The Morgan fingerprint density at radius 2 is 1.89 bits per heavy atom. The van der Waals surface area contributed by atoms with Crippen molar-refractivity contribution in [3.8, 4) is 0 Å². The highest BCUT2D eigenvalue weighted by molar-refractivity contribution is 5.23. The van der Waals surface area contributed by atoms with Crippen LogP contribution in [0.25, 0.3) is 0 Å². The molecule has 102 valence electrons. The highest BCUT2D eigenvalue weighted by Crippen LogP contribution is 2.23. The molecule has 1 aromatic carbocycles. The van der Waals surface area contributed by atoms with Gasteiger partial charge in [-0.1, -0.05) is 51.1 Å². The van der Waals surface area contributed by atoms with Crippen LogP contribution in [-0.2, 0) is 18.4 Å². The van der Waals surface area contributed by atoms with Crippen molar-refractivity contribution in [3.63, 3.8) is 0 Å². The summed E-state index contributed by atoms with van der Waals surface area (Å²) < 4.78 is 0. The molecular formula is C16H23N3. The molecule has 3 heteroatoms. The van der Waals surface area contributed by atoms with E-state index in [0.717, 1.165) is 19.5 Å². The molecule has 0 aliphatic rings. The molecule has 0 fully saturated rings. The van der Waals surface area contributed by atoms with Crippen LogP contribution in [0.1, 0.15) is 37.6 Å². The Labute approximate surface area is 115 Å². The Bertz CT molecular complexity index is 494. The Balaban J connectivity index is 1.82. The summed E-state index contributed by atoms with van der Waals surface area (Å²) in [6.45, 7) is 8.46. The number of benzene rings is 1. The van der Waals surface area contributed by atoms with Crippen LogP contribution in [-0.4, -0.2) is 16.7 Å². The van der Waals surface area contributed by atoms with E-state index in [1.807, 2.05) is 6.20 Å². The first-order valence-electron chi connectivity index (χ1n) is 6.85. The van der Waals surface area contributed by atoms with Crippen LogP contribution in [0.5, 0.6) is 0 Å². The van der Waals surface area contributed by atoms with Crippen molar-refractivity contribution < 1.29 is 0 Å². The molecule has 0 bridgehead atoms. The van der Waals surface area contributed by atoms with Gasteiger partial charge < -0.3 is 5.32 Å². The first kappa shape index (κ1) is 13.8. The van der Waals surface area contributed by atoms with E-state index in [4.69, 9.17) is 0 Å². The first-order chi connectivity index (χ1) is 9.07. The molecule has 0 unspecified atom stereocenters. The molecule has 19 heavy (non-hydrogen) atoms. The predicted molar refractivity (Wildman–Crippen MR) is 79.1 cm³/mol. The molecule has 0 saturated carbocycles. The standard InChI is InChI=1S/C16H23N3/c1-16(2,3)15-14(12-18-19-15)11-17-10-9-13-7-5-4-6-8-13/h4-8,12,17H,9-11H2,1-3H3,(H,18,19). The molecule has 1 heterocycles. The van der Waals surface area contributed by atoms with Gasteiger partial charge in [0.2, 0.25) is 0 Å². The van der Waals surface area contributed by atoms with Crippen LogP contribution in [0.2, 0.25) is 0 Å². The van der Waals surface area contributed by atoms with Crippen LogP contribution in [0.3, 0.4) is 0 Å². The van der Waals surface area contributed by atoms with Crippen LogP contribution >= 0.6 is 0 Å². The minimum Gasteiger partial charge on any atom is -0.312 e.